The van der Waals surface area contributed by atoms with Gasteiger partial charge in [0.2, 0.25) is 0 Å². The Morgan fingerprint density at radius 1 is 1.32 bits per heavy atom. The average Bonchev–Trinajstić information content (AvgIpc) is 2.39. The number of rotatable bonds is 1. The van der Waals surface area contributed by atoms with Gasteiger partial charge in [-0.2, -0.15) is 0 Å². The number of hydrogen-bond donors (Lipinski definition) is 0. The third kappa shape index (κ3) is 1.92. The van der Waals surface area contributed by atoms with Gasteiger partial charge in [-0.05, 0) is 24.0 Å². The zero-order chi connectivity index (χ0) is 13.5. The number of hydrogen-bond acceptors (Lipinski definition) is 6. The van der Waals surface area contributed by atoms with Gasteiger partial charge in [0.05, 0.1) is 0 Å². The highest BCUT2D eigenvalue weighted by Gasteiger charge is 2.60. The lowest BCUT2D eigenvalue weighted by atomic mass is 10.0. The van der Waals surface area contributed by atoms with Crippen LogP contribution in [0.2, 0.25) is 0 Å². The number of carbonyl (C=O) groups is 1. The normalized spacial score (nSPS) is 24.6. The van der Waals surface area contributed by atoms with Crippen LogP contribution in [0.5, 0.6) is 5.75 Å². The van der Waals surface area contributed by atoms with E-state index in [1.807, 2.05) is 12.1 Å². The van der Waals surface area contributed by atoms with Crippen molar-refractivity contribution in [2.75, 3.05) is 11.5 Å². The summed E-state index contributed by atoms with van der Waals surface area (Å²) in [6.07, 6.45) is 0.999. The van der Waals surface area contributed by atoms with E-state index in [9.17, 15) is 14.9 Å². The number of fused-ring (bicyclic) bond motifs is 2. The second-order valence-electron chi connectivity index (χ2n) is 4.32. The second kappa shape index (κ2) is 4.72. The SMILES string of the molecule is O=C1Oc2ccccc2C2(SCCCS2)[C@@H]1[N+](=O)[O-]. The van der Waals surface area contributed by atoms with Crippen molar-refractivity contribution in [2.24, 2.45) is 0 Å². The fraction of sp³-hybridized carbons (Fsp3) is 0.417. The first kappa shape index (κ1) is 12.8. The Kier molecular flexibility index (Phi) is 3.18. The van der Waals surface area contributed by atoms with Crippen LogP contribution in [0.15, 0.2) is 24.3 Å². The number of ether oxygens (including phenoxy) is 1. The highest BCUT2D eigenvalue weighted by Crippen LogP contribution is 2.57. The summed E-state index contributed by atoms with van der Waals surface area (Å²) < 4.78 is 4.29. The fourth-order valence-electron chi connectivity index (χ4n) is 2.40. The summed E-state index contributed by atoms with van der Waals surface area (Å²) in [6, 6.07) is 5.78. The molecule has 0 bridgehead atoms. The molecule has 1 fully saturated rings. The highest BCUT2D eigenvalue weighted by molar-refractivity contribution is 8.18. The number of esters is 1. The van der Waals surface area contributed by atoms with E-state index in [1.165, 1.54) is 23.5 Å². The van der Waals surface area contributed by atoms with E-state index in [2.05, 4.69) is 0 Å². The summed E-state index contributed by atoms with van der Waals surface area (Å²) in [6.45, 7) is 0. The number of carbonyl (C=O) groups excluding carboxylic acids is 1. The molecule has 0 radical (unpaired) electrons. The smallest absolute Gasteiger partial charge is 0.389 e. The Bertz CT molecular complexity index is 542. The Labute approximate surface area is 118 Å². The molecule has 3 rings (SSSR count). The van der Waals surface area contributed by atoms with Crippen molar-refractivity contribution in [3.8, 4) is 5.75 Å². The molecular formula is C12H11NO4S2. The summed E-state index contributed by atoms with van der Waals surface area (Å²) in [5, 5.41) is 11.3. The van der Waals surface area contributed by atoms with Crippen LogP contribution in [-0.4, -0.2) is 28.4 Å². The molecule has 2 heterocycles. The van der Waals surface area contributed by atoms with Crippen molar-refractivity contribution in [3.05, 3.63) is 39.9 Å². The van der Waals surface area contributed by atoms with Gasteiger partial charge in [0, 0.05) is 10.5 Å². The third-order valence-electron chi connectivity index (χ3n) is 3.19. The summed E-state index contributed by atoms with van der Waals surface area (Å²) in [7, 11) is 0. The van der Waals surface area contributed by atoms with Gasteiger partial charge in [-0.1, -0.05) is 18.2 Å². The van der Waals surface area contributed by atoms with Crippen LogP contribution in [0.1, 0.15) is 12.0 Å². The van der Waals surface area contributed by atoms with Crippen molar-refractivity contribution < 1.29 is 14.5 Å². The molecule has 0 aliphatic carbocycles. The molecule has 100 valence electrons. The molecule has 1 aromatic rings. The van der Waals surface area contributed by atoms with Gasteiger partial charge in [-0.25, -0.2) is 4.79 Å². The molecule has 0 aromatic heterocycles. The summed E-state index contributed by atoms with van der Waals surface area (Å²) >= 11 is 2.98. The van der Waals surface area contributed by atoms with Crippen LogP contribution in [-0.2, 0) is 8.87 Å². The molecule has 0 amide bonds. The van der Waals surface area contributed by atoms with Crippen LogP contribution < -0.4 is 4.74 Å². The van der Waals surface area contributed by atoms with Crippen molar-refractivity contribution in [1.29, 1.82) is 0 Å². The molecule has 19 heavy (non-hydrogen) atoms. The van der Waals surface area contributed by atoms with Gasteiger partial charge in [-0.3, -0.25) is 10.1 Å². The quantitative estimate of drug-likeness (QED) is 0.343. The van der Waals surface area contributed by atoms with Crippen molar-refractivity contribution >= 4 is 29.5 Å². The standard InChI is InChI=1S/C12H11NO4S2/c14-11-10(13(15)16)12(18-6-3-7-19-12)8-4-1-2-5-9(8)17-11/h1-2,4-5,10H,3,6-7H2/t10-/m1/s1. The molecule has 1 atom stereocenters. The Balaban J connectivity index is 2.18. The van der Waals surface area contributed by atoms with E-state index >= 15 is 0 Å². The molecule has 5 nitrogen and oxygen atoms in total. The van der Waals surface area contributed by atoms with Gasteiger partial charge in [-0.15, -0.1) is 23.5 Å². The van der Waals surface area contributed by atoms with Crippen LogP contribution in [0.3, 0.4) is 0 Å². The Hall–Kier alpha value is -1.21. The molecule has 2 aliphatic heterocycles. The van der Waals surface area contributed by atoms with Gasteiger partial charge in [0.1, 0.15) is 5.75 Å². The summed E-state index contributed by atoms with van der Waals surface area (Å²) in [4.78, 5) is 22.8. The first-order valence-corrected chi connectivity index (χ1v) is 7.85. The summed E-state index contributed by atoms with van der Waals surface area (Å²) in [5.74, 6) is 1.33. The number of para-hydroxylation sites is 1. The van der Waals surface area contributed by atoms with Gasteiger partial charge in [0.25, 0.3) is 0 Å². The molecule has 1 spiro atoms. The molecule has 0 saturated carbocycles. The van der Waals surface area contributed by atoms with Gasteiger partial charge in [0.15, 0.2) is 4.08 Å². The van der Waals surface area contributed by atoms with Crippen molar-refractivity contribution in [3.63, 3.8) is 0 Å². The number of nitrogens with zero attached hydrogens (tertiary/aromatic N) is 1. The van der Waals surface area contributed by atoms with E-state index in [-0.39, 0.29) is 0 Å². The van der Waals surface area contributed by atoms with Crippen LogP contribution >= 0.6 is 23.5 Å². The maximum Gasteiger partial charge on any atom is 0.389 e. The minimum Gasteiger partial charge on any atom is -0.421 e. The van der Waals surface area contributed by atoms with E-state index in [1.54, 1.807) is 12.1 Å². The Morgan fingerprint density at radius 3 is 2.68 bits per heavy atom. The number of thioether (sulfide) groups is 2. The van der Waals surface area contributed by atoms with Crippen molar-refractivity contribution in [1.82, 2.24) is 0 Å². The molecular weight excluding hydrogens is 286 g/mol. The maximum atomic E-state index is 12.0. The lowest BCUT2D eigenvalue weighted by Gasteiger charge is -2.39. The molecule has 1 aromatic carbocycles. The predicted octanol–water partition coefficient (Wildman–Crippen LogP) is 2.27. The topological polar surface area (TPSA) is 69.4 Å². The predicted molar refractivity (Wildman–Crippen MR) is 74.1 cm³/mol. The van der Waals surface area contributed by atoms with Crippen LogP contribution in [0, 0.1) is 10.1 Å². The third-order valence-corrected chi connectivity index (χ3v) is 6.63. The first-order chi connectivity index (χ1) is 9.15. The molecule has 2 aliphatic rings. The maximum absolute atomic E-state index is 12.0. The first-order valence-electron chi connectivity index (χ1n) is 5.88. The minimum atomic E-state index is -1.34. The zero-order valence-corrected chi connectivity index (χ0v) is 11.5. The van der Waals surface area contributed by atoms with Crippen LogP contribution in [0.25, 0.3) is 0 Å². The lowest BCUT2D eigenvalue weighted by Crippen LogP contribution is -2.51. The zero-order valence-electron chi connectivity index (χ0n) is 9.90. The number of benzene rings is 1. The molecule has 0 unspecified atom stereocenters. The van der Waals surface area contributed by atoms with Gasteiger partial charge < -0.3 is 4.74 Å². The average molecular weight is 297 g/mol. The monoisotopic (exact) mass is 297 g/mol. The second-order valence-corrected chi connectivity index (χ2v) is 7.26. The largest absolute Gasteiger partial charge is 0.421 e. The molecule has 0 N–H and O–H groups in total. The Morgan fingerprint density at radius 2 is 2.00 bits per heavy atom. The van der Waals surface area contributed by atoms with Crippen LogP contribution in [0.4, 0.5) is 0 Å². The summed E-state index contributed by atoms with van der Waals surface area (Å²) in [5.41, 5.74) is 0.756. The van der Waals surface area contributed by atoms with Gasteiger partial charge >= 0.3 is 12.0 Å². The van der Waals surface area contributed by atoms with E-state index in [4.69, 9.17) is 4.74 Å². The van der Waals surface area contributed by atoms with E-state index in [0.29, 0.717) is 5.75 Å². The van der Waals surface area contributed by atoms with E-state index in [0.717, 1.165) is 23.5 Å². The minimum absolute atomic E-state index is 0.451. The molecule has 7 heteroatoms. The van der Waals surface area contributed by atoms with E-state index < -0.39 is 21.0 Å². The highest BCUT2D eigenvalue weighted by atomic mass is 32.2. The number of nitro groups is 1. The fourth-order valence-corrected chi connectivity index (χ4v) is 5.93. The molecule has 1 saturated heterocycles. The van der Waals surface area contributed by atoms with Crippen molar-refractivity contribution in [2.45, 2.75) is 16.5 Å². The lowest BCUT2D eigenvalue weighted by molar-refractivity contribution is -0.512.